The summed E-state index contributed by atoms with van der Waals surface area (Å²) in [5.74, 6) is -0.340. The lowest BCUT2D eigenvalue weighted by Gasteiger charge is -2.12. The molecule has 0 saturated carbocycles. The number of rotatable bonds is 4. The molecule has 0 aliphatic heterocycles. The van der Waals surface area contributed by atoms with Crippen LogP contribution in [0.5, 0.6) is 0 Å². The molecule has 0 saturated heterocycles. The highest BCUT2D eigenvalue weighted by molar-refractivity contribution is 6.00. The molecule has 0 aliphatic rings. The van der Waals surface area contributed by atoms with E-state index in [1.807, 2.05) is 24.3 Å². The third-order valence-corrected chi connectivity index (χ3v) is 3.31. The number of pyridine rings is 1. The molecule has 23 heavy (non-hydrogen) atoms. The molecule has 0 aliphatic carbocycles. The van der Waals surface area contributed by atoms with Crippen molar-refractivity contribution in [2.75, 3.05) is 5.32 Å². The van der Waals surface area contributed by atoms with Crippen molar-refractivity contribution in [3.63, 3.8) is 0 Å². The molecule has 3 rings (SSSR count). The third-order valence-electron chi connectivity index (χ3n) is 3.31. The highest BCUT2D eigenvalue weighted by Gasteiger charge is 2.17. The fraction of sp³-hybridized carbons (Fsp3) is 0.125. The minimum Gasteiger partial charge on any atom is -0.341 e. The fourth-order valence-electron chi connectivity index (χ4n) is 2.09. The smallest absolute Gasteiger partial charge is 0.252 e. The number of fused-ring (bicyclic) bond motifs is 1. The largest absolute Gasteiger partial charge is 0.341 e. The van der Waals surface area contributed by atoms with Gasteiger partial charge in [-0.2, -0.15) is 0 Å². The first-order valence-corrected chi connectivity index (χ1v) is 7.10. The maximum absolute atomic E-state index is 12.2. The Morgan fingerprint density at radius 2 is 1.87 bits per heavy atom. The van der Waals surface area contributed by atoms with Crippen molar-refractivity contribution in [3.8, 4) is 0 Å². The van der Waals surface area contributed by atoms with Crippen LogP contribution in [0.2, 0.25) is 0 Å². The van der Waals surface area contributed by atoms with Crippen molar-refractivity contribution >= 4 is 28.8 Å². The first-order chi connectivity index (χ1) is 11.1. The SMILES string of the molecule is C[C@@H](NC(=O)c1ccncc1)C(=O)Nc1nc2ccccc2[nH]1. The topological polar surface area (TPSA) is 99.8 Å². The van der Waals surface area contributed by atoms with Gasteiger partial charge in [-0.15, -0.1) is 0 Å². The van der Waals surface area contributed by atoms with Gasteiger partial charge in [0.1, 0.15) is 6.04 Å². The summed E-state index contributed by atoms with van der Waals surface area (Å²) in [4.78, 5) is 35.3. The van der Waals surface area contributed by atoms with Crippen LogP contribution in [0.1, 0.15) is 17.3 Å². The molecule has 0 spiro atoms. The predicted molar refractivity (Wildman–Crippen MR) is 85.9 cm³/mol. The van der Waals surface area contributed by atoms with Gasteiger partial charge in [-0.05, 0) is 31.2 Å². The molecule has 2 amide bonds. The summed E-state index contributed by atoms with van der Waals surface area (Å²) in [5, 5.41) is 5.28. The zero-order valence-corrected chi connectivity index (χ0v) is 12.4. The maximum atomic E-state index is 12.2. The highest BCUT2D eigenvalue weighted by Crippen LogP contribution is 2.13. The molecule has 116 valence electrons. The van der Waals surface area contributed by atoms with Crippen LogP contribution in [0.4, 0.5) is 5.95 Å². The molecule has 0 bridgehead atoms. The second-order valence-electron chi connectivity index (χ2n) is 5.02. The van der Waals surface area contributed by atoms with Gasteiger partial charge in [-0.3, -0.25) is 19.9 Å². The number of hydrogen-bond donors (Lipinski definition) is 3. The fourth-order valence-corrected chi connectivity index (χ4v) is 2.09. The quantitative estimate of drug-likeness (QED) is 0.683. The summed E-state index contributed by atoms with van der Waals surface area (Å²) in [6.45, 7) is 1.61. The number of imidazole rings is 1. The molecule has 7 heteroatoms. The molecule has 1 aromatic carbocycles. The van der Waals surface area contributed by atoms with E-state index in [2.05, 4.69) is 25.6 Å². The number of aromatic amines is 1. The molecule has 3 N–H and O–H groups in total. The Kier molecular flexibility index (Phi) is 4.01. The summed E-state index contributed by atoms with van der Waals surface area (Å²) in [6.07, 6.45) is 3.04. The number of amides is 2. The van der Waals surface area contributed by atoms with Gasteiger partial charge in [0.15, 0.2) is 0 Å². The number of anilines is 1. The van der Waals surface area contributed by atoms with Crippen molar-refractivity contribution in [1.82, 2.24) is 20.3 Å². The Morgan fingerprint density at radius 1 is 1.13 bits per heavy atom. The van der Waals surface area contributed by atoms with E-state index in [0.717, 1.165) is 11.0 Å². The first-order valence-electron chi connectivity index (χ1n) is 7.10. The first kappa shape index (κ1) is 14.7. The van der Waals surface area contributed by atoms with Crippen LogP contribution in [0, 0.1) is 0 Å². The molecule has 0 unspecified atom stereocenters. The standard InChI is InChI=1S/C16H15N5O2/c1-10(18-15(23)11-6-8-17-9-7-11)14(22)21-16-19-12-4-2-3-5-13(12)20-16/h2-10H,1H3,(H,18,23)(H2,19,20,21,22)/t10-/m1/s1. The Bertz CT molecular complexity index is 811. The van der Waals surface area contributed by atoms with Gasteiger partial charge in [-0.25, -0.2) is 4.98 Å². The summed E-state index contributed by atoms with van der Waals surface area (Å²) in [7, 11) is 0. The Balaban J connectivity index is 1.64. The molecular formula is C16H15N5O2. The molecule has 1 atom stereocenters. The van der Waals surface area contributed by atoms with Crippen LogP contribution in [0.25, 0.3) is 11.0 Å². The van der Waals surface area contributed by atoms with Gasteiger partial charge in [0, 0.05) is 18.0 Å². The minimum atomic E-state index is -0.705. The summed E-state index contributed by atoms with van der Waals surface area (Å²) in [5.41, 5.74) is 2.04. The van der Waals surface area contributed by atoms with Crippen molar-refractivity contribution in [2.45, 2.75) is 13.0 Å². The Hall–Kier alpha value is -3.22. The zero-order valence-electron chi connectivity index (χ0n) is 12.4. The van der Waals surface area contributed by atoms with Crippen LogP contribution >= 0.6 is 0 Å². The van der Waals surface area contributed by atoms with Crippen molar-refractivity contribution in [3.05, 3.63) is 54.4 Å². The monoisotopic (exact) mass is 309 g/mol. The number of benzene rings is 1. The summed E-state index contributed by atoms with van der Waals surface area (Å²) < 4.78 is 0. The molecule has 7 nitrogen and oxygen atoms in total. The average molecular weight is 309 g/mol. The molecule has 3 aromatic rings. The highest BCUT2D eigenvalue weighted by atomic mass is 16.2. The number of H-pyrrole nitrogens is 1. The molecule has 0 fully saturated rings. The second kappa shape index (κ2) is 6.27. The number of carbonyl (C=O) groups is 2. The van der Waals surface area contributed by atoms with Gasteiger partial charge < -0.3 is 10.3 Å². The van der Waals surface area contributed by atoms with Crippen LogP contribution in [-0.4, -0.2) is 32.8 Å². The van der Waals surface area contributed by atoms with E-state index in [9.17, 15) is 9.59 Å². The van der Waals surface area contributed by atoms with Gasteiger partial charge in [-0.1, -0.05) is 12.1 Å². The van der Waals surface area contributed by atoms with E-state index in [4.69, 9.17) is 0 Å². The number of para-hydroxylation sites is 2. The molecule has 2 heterocycles. The Labute approximate surface area is 132 Å². The van der Waals surface area contributed by atoms with E-state index in [1.54, 1.807) is 19.1 Å². The number of hydrogen-bond acceptors (Lipinski definition) is 4. The third kappa shape index (κ3) is 3.34. The van der Waals surface area contributed by atoms with Crippen LogP contribution in [-0.2, 0) is 4.79 Å². The molecule has 2 aromatic heterocycles. The van der Waals surface area contributed by atoms with E-state index in [1.165, 1.54) is 12.4 Å². The maximum Gasteiger partial charge on any atom is 0.252 e. The number of nitrogens with one attached hydrogen (secondary N) is 3. The van der Waals surface area contributed by atoms with Gasteiger partial charge in [0.05, 0.1) is 11.0 Å². The van der Waals surface area contributed by atoms with E-state index >= 15 is 0 Å². The molecular weight excluding hydrogens is 294 g/mol. The predicted octanol–water partition coefficient (Wildman–Crippen LogP) is 1.71. The lowest BCUT2D eigenvalue weighted by Crippen LogP contribution is -2.41. The van der Waals surface area contributed by atoms with Crippen LogP contribution in [0.3, 0.4) is 0 Å². The number of carbonyl (C=O) groups excluding carboxylic acids is 2. The van der Waals surface area contributed by atoms with Gasteiger partial charge in [0.2, 0.25) is 11.9 Å². The van der Waals surface area contributed by atoms with Crippen LogP contribution in [0.15, 0.2) is 48.8 Å². The van der Waals surface area contributed by atoms with Crippen LogP contribution < -0.4 is 10.6 Å². The second-order valence-corrected chi connectivity index (χ2v) is 5.02. The van der Waals surface area contributed by atoms with Crippen molar-refractivity contribution < 1.29 is 9.59 Å². The van der Waals surface area contributed by atoms with Crippen molar-refractivity contribution in [2.24, 2.45) is 0 Å². The minimum absolute atomic E-state index is 0.334. The average Bonchev–Trinajstić information content (AvgIpc) is 2.97. The summed E-state index contributed by atoms with van der Waals surface area (Å²) >= 11 is 0. The normalized spacial score (nSPS) is 11.9. The zero-order chi connectivity index (χ0) is 16.2. The van der Waals surface area contributed by atoms with E-state index < -0.39 is 6.04 Å². The molecule has 0 radical (unpaired) electrons. The summed E-state index contributed by atoms with van der Waals surface area (Å²) in [6, 6.07) is 9.92. The lowest BCUT2D eigenvalue weighted by atomic mass is 10.2. The van der Waals surface area contributed by atoms with Gasteiger partial charge in [0.25, 0.3) is 5.91 Å². The Morgan fingerprint density at radius 3 is 2.61 bits per heavy atom. The van der Waals surface area contributed by atoms with E-state index in [0.29, 0.717) is 11.5 Å². The van der Waals surface area contributed by atoms with E-state index in [-0.39, 0.29) is 11.8 Å². The lowest BCUT2D eigenvalue weighted by molar-refractivity contribution is -0.117. The number of aromatic nitrogens is 3. The van der Waals surface area contributed by atoms with Crippen molar-refractivity contribution in [1.29, 1.82) is 0 Å². The number of nitrogens with zero attached hydrogens (tertiary/aromatic N) is 2. The van der Waals surface area contributed by atoms with Gasteiger partial charge >= 0.3 is 0 Å².